The van der Waals surface area contributed by atoms with Crippen molar-refractivity contribution in [1.82, 2.24) is 4.57 Å². The average molecular weight is 496 g/mol. The number of aryl methyl sites for hydroxylation is 1. The molecule has 4 aromatic rings. The van der Waals surface area contributed by atoms with E-state index in [1.54, 1.807) is 38.3 Å². The predicted molar refractivity (Wildman–Crippen MR) is 135 cm³/mol. The van der Waals surface area contributed by atoms with E-state index < -0.39 is 15.9 Å². The number of rotatable bonds is 7. The maximum absolute atomic E-state index is 13.2. The molecular formula is C25H25N3O4S2. The molecular weight excluding hydrogens is 470 g/mol. The average Bonchev–Trinajstić information content (AvgIpc) is 3.22. The molecule has 0 saturated heterocycles. The minimum absolute atomic E-state index is 0.116. The molecule has 1 aromatic heterocycles. The van der Waals surface area contributed by atoms with E-state index in [4.69, 9.17) is 4.74 Å². The molecule has 1 amide bonds. The fraction of sp³-hybridized carbons (Fsp3) is 0.200. The Balaban J connectivity index is 1.68. The number of hydrogen-bond acceptors (Lipinski definition) is 5. The first-order valence-corrected chi connectivity index (χ1v) is 13.1. The number of carbonyl (C=O) groups is 1. The second-order valence-corrected chi connectivity index (χ2v) is 10.3. The van der Waals surface area contributed by atoms with Crippen LogP contribution < -0.4 is 13.8 Å². The Morgan fingerprint density at radius 2 is 1.71 bits per heavy atom. The Kier molecular flexibility index (Phi) is 6.85. The van der Waals surface area contributed by atoms with Crippen molar-refractivity contribution in [3.8, 4) is 5.75 Å². The van der Waals surface area contributed by atoms with Gasteiger partial charge < -0.3 is 9.30 Å². The summed E-state index contributed by atoms with van der Waals surface area (Å²) in [5, 5.41) is 0. The smallest absolute Gasteiger partial charge is 0.279 e. The third kappa shape index (κ3) is 4.36. The molecule has 0 radical (unpaired) electrons. The summed E-state index contributed by atoms with van der Waals surface area (Å²) in [4.78, 5) is 17.9. The SMILES string of the molecule is CCN(c1ccccc1)S(=O)(=O)c1ccc(C(=O)N=c2sc3cccc(OC)c3n2CC)cc1. The van der Waals surface area contributed by atoms with Crippen LogP contribution >= 0.6 is 11.3 Å². The number of carbonyl (C=O) groups excluding carboxylic acids is 1. The van der Waals surface area contributed by atoms with Gasteiger partial charge in [-0.05, 0) is 62.4 Å². The highest BCUT2D eigenvalue weighted by molar-refractivity contribution is 7.92. The zero-order valence-corrected chi connectivity index (χ0v) is 20.8. The van der Waals surface area contributed by atoms with Gasteiger partial charge in [-0.1, -0.05) is 35.6 Å². The van der Waals surface area contributed by atoms with Gasteiger partial charge in [-0.25, -0.2) is 8.42 Å². The largest absolute Gasteiger partial charge is 0.495 e. The van der Waals surface area contributed by atoms with Gasteiger partial charge in [-0.15, -0.1) is 0 Å². The zero-order valence-electron chi connectivity index (χ0n) is 19.1. The Hall–Kier alpha value is -3.43. The van der Waals surface area contributed by atoms with E-state index in [9.17, 15) is 13.2 Å². The van der Waals surface area contributed by atoms with E-state index in [0.29, 0.717) is 22.6 Å². The van der Waals surface area contributed by atoms with Gasteiger partial charge in [0.2, 0.25) is 0 Å². The number of methoxy groups -OCH3 is 1. The molecule has 1 heterocycles. The second kappa shape index (κ2) is 9.82. The number of nitrogens with zero attached hydrogens (tertiary/aromatic N) is 3. The molecule has 3 aromatic carbocycles. The monoisotopic (exact) mass is 495 g/mol. The van der Waals surface area contributed by atoms with Gasteiger partial charge >= 0.3 is 0 Å². The lowest BCUT2D eigenvalue weighted by atomic mass is 10.2. The predicted octanol–water partition coefficient (Wildman–Crippen LogP) is 4.69. The highest BCUT2D eigenvalue weighted by Gasteiger charge is 2.23. The molecule has 0 spiro atoms. The van der Waals surface area contributed by atoms with E-state index in [0.717, 1.165) is 16.0 Å². The van der Waals surface area contributed by atoms with Crippen molar-refractivity contribution in [2.24, 2.45) is 4.99 Å². The van der Waals surface area contributed by atoms with Crippen molar-refractivity contribution in [3.05, 3.63) is 83.2 Å². The van der Waals surface area contributed by atoms with Crippen LogP contribution in [0.5, 0.6) is 5.75 Å². The highest BCUT2D eigenvalue weighted by atomic mass is 32.2. The van der Waals surface area contributed by atoms with Crippen molar-refractivity contribution < 1.29 is 17.9 Å². The Labute approximate surface area is 202 Å². The molecule has 0 saturated carbocycles. The molecule has 34 heavy (non-hydrogen) atoms. The van der Waals surface area contributed by atoms with Crippen LogP contribution in [0.15, 0.2) is 82.7 Å². The van der Waals surface area contributed by atoms with Crippen LogP contribution in [0.3, 0.4) is 0 Å². The topological polar surface area (TPSA) is 81.0 Å². The van der Waals surface area contributed by atoms with Gasteiger partial charge in [0.15, 0.2) is 4.80 Å². The minimum Gasteiger partial charge on any atom is -0.495 e. The van der Waals surface area contributed by atoms with Gasteiger partial charge in [-0.3, -0.25) is 9.10 Å². The molecule has 7 nitrogen and oxygen atoms in total. The number of benzene rings is 3. The van der Waals surface area contributed by atoms with Crippen molar-refractivity contribution >= 4 is 43.2 Å². The molecule has 0 bridgehead atoms. The lowest BCUT2D eigenvalue weighted by molar-refractivity contribution is 0.0997. The van der Waals surface area contributed by atoms with Crippen LogP contribution in [0.4, 0.5) is 5.69 Å². The summed E-state index contributed by atoms with van der Waals surface area (Å²) in [6.07, 6.45) is 0. The summed E-state index contributed by atoms with van der Waals surface area (Å²) in [5.41, 5.74) is 1.80. The number of thiazole rings is 1. The summed E-state index contributed by atoms with van der Waals surface area (Å²) >= 11 is 1.41. The molecule has 0 fully saturated rings. The van der Waals surface area contributed by atoms with Crippen molar-refractivity contribution in [2.45, 2.75) is 25.3 Å². The number of para-hydroxylation sites is 2. The second-order valence-electron chi connectivity index (χ2n) is 7.38. The molecule has 0 aliphatic rings. The number of amides is 1. The fourth-order valence-electron chi connectivity index (χ4n) is 3.77. The van der Waals surface area contributed by atoms with Crippen LogP contribution in [0.1, 0.15) is 24.2 Å². The van der Waals surface area contributed by atoms with E-state index in [-0.39, 0.29) is 11.4 Å². The summed E-state index contributed by atoms with van der Waals surface area (Å²) in [6, 6.07) is 20.6. The normalized spacial score (nSPS) is 12.1. The molecule has 0 aliphatic carbocycles. The molecule has 0 aliphatic heterocycles. The highest BCUT2D eigenvalue weighted by Crippen LogP contribution is 2.27. The number of aromatic nitrogens is 1. The Morgan fingerprint density at radius 3 is 2.32 bits per heavy atom. The first-order chi connectivity index (χ1) is 16.4. The van der Waals surface area contributed by atoms with Gasteiger partial charge in [0.1, 0.15) is 11.3 Å². The maximum Gasteiger partial charge on any atom is 0.279 e. The summed E-state index contributed by atoms with van der Waals surface area (Å²) in [7, 11) is -2.15. The molecule has 0 unspecified atom stereocenters. The number of fused-ring (bicyclic) bond motifs is 1. The van der Waals surface area contributed by atoms with E-state index in [1.165, 1.54) is 39.9 Å². The van der Waals surface area contributed by atoms with E-state index in [2.05, 4.69) is 4.99 Å². The summed E-state index contributed by atoms with van der Waals surface area (Å²) in [5.74, 6) is 0.282. The summed E-state index contributed by atoms with van der Waals surface area (Å²) in [6.45, 7) is 4.67. The van der Waals surface area contributed by atoms with Crippen molar-refractivity contribution in [3.63, 3.8) is 0 Å². The standard InChI is InChI=1S/C25H25N3O4S2/c1-4-27-23-21(32-3)12-9-13-22(23)33-25(27)26-24(29)18-14-16-20(17-15-18)34(30,31)28(5-2)19-10-7-6-8-11-19/h6-17H,4-5H2,1-3H3. The van der Waals surface area contributed by atoms with Crippen LogP contribution in [0.25, 0.3) is 10.2 Å². The molecule has 9 heteroatoms. The van der Waals surface area contributed by atoms with Crippen LogP contribution in [-0.4, -0.2) is 32.5 Å². The van der Waals surface area contributed by atoms with Gasteiger partial charge in [0, 0.05) is 18.7 Å². The first kappa shape index (κ1) is 23.7. The lowest BCUT2D eigenvalue weighted by Gasteiger charge is -2.22. The number of ether oxygens (including phenoxy) is 1. The zero-order chi connectivity index (χ0) is 24.3. The fourth-order valence-corrected chi connectivity index (χ4v) is 6.36. The molecule has 0 atom stereocenters. The number of anilines is 1. The minimum atomic E-state index is -3.77. The number of sulfonamides is 1. The lowest BCUT2D eigenvalue weighted by Crippen LogP contribution is -2.30. The molecule has 176 valence electrons. The van der Waals surface area contributed by atoms with Crippen molar-refractivity contribution in [2.75, 3.05) is 18.0 Å². The number of hydrogen-bond donors (Lipinski definition) is 0. The molecule has 0 N–H and O–H groups in total. The van der Waals surface area contributed by atoms with Gasteiger partial charge in [0.25, 0.3) is 15.9 Å². The van der Waals surface area contributed by atoms with Crippen LogP contribution in [-0.2, 0) is 16.6 Å². The van der Waals surface area contributed by atoms with Gasteiger partial charge in [0.05, 0.1) is 22.4 Å². The summed E-state index contributed by atoms with van der Waals surface area (Å²) < 4.78 is 36.1. The van der Waals surface area contributed by atoms with Crippen LogP contribution in [0, 0.1) is 0 Å². The molecule has 4 rings (SSSR count). The van der Waals surface area contributed by atoms with Crippen LogP contribution in [0.2, 0.25) is 0 Å². The first-order valence-electron chi connectivity index (χ1n) is 10.8. The van der Waals surface area contributed by atoms with E-state index in [1.807, 2.05) is 35.8 Å². The van der Waals surface area contributed by atoms with E-state index >= 15 is 0 Å². The third-order valence-corrected chi connectivity index (χ3v) is 8.38. The Bertz CT molecular complexity index is 1490. The Morgan fingerprint density at radius 1 is 1.00 bits per heavy atom. The quantitative estimate of drug-likeness (QED) is 0.373. The van der Waals surface area contributed by atoms with Crippen molar-refractivity contribution in [1.29, 1.82) is 0 Å². The third-order valence-electron chi connectivity index (χ3n) is 5.42. The maximum atomic E-state index is 13.2. The van der Waals surface area contributed by atoms with Gasteiger partial charge in [-0.2, -0.15) is 4.99 Å².